The Balaban J connectivity index is 1.36. The zero-order chi connectivity index (χ0) is 22.1. The maximum Gasteiger partial charge on any atom is 0.232 e. The highest BCUT2D eigenvalue weighted by Crippen LogP contribution is 2.18. The Kier molecular flexibility index (Phi) is 8.97. The molecule has 1 amide bonds. The maximum atomic E-state index is 12.2. The lowest BCUT2D eigenvalue weighted by molar-refractivity contribution is -0.123. The van der Waals surface area contributed by atoms with Crippen LogP contribution in [-0.4, -0.2) is 51.2 Å². The maximum absolute atomic E-state index is 12.2. The number of nitrogens with zero attached hydrogens (tertiary/aromatic N) is 2. The molecule has 0 spiro atoms. The highest BCUT2D eigenvalue weighted by atomic mass is 32.2. The number of nitrogens with one attached hydrogen (secondary N) is 1. The van der Waals surface area contributed by atoms with Crippen LogP contribution in [0.5, 0.6) is 0 Å². The minimum atomic E-state index is -1.37. The van der Waals surface area contributed by atoms with Crippen LogP contribution in [0.25, 0.3) is 0 Å². The summed E-state index contributed by atoms with van der Waals surface area (Å²) in [7, 11) is -1.37. The van der Waals surface area contributed by atoms with Crippen LogP contribution in [0.4, 0.5) is 0 Å². The van der Waals surface area contributed by atoms with E-state index in [4.69, 9.17) is 4.42 Å². The second-order valence-corrected chi connectivity index (χ2v) is 9.72. The second-order valence-electron chi connectivity index (χ2n) is 8.26. The number of carbonyl (C=O) groups is 2. The van der Waals surface area contributed by atoms with Crippen molar-refractivity contribution in [2.24, 2.45) is 5.92 Å². The monoisotopic (exact) mass is 445 g/mol. The number of aryl methyl sites for hydroxylation is 1. The van der Waals surface area contributed by atoms with E-state index in [2.05, 4.69) is 28.2 Å². The van der Waals surface area contributed by atoms with Crippen LogP contribution in [0.2, 0.25) is 0 Å². The van der Waals surface area contributed by atoms with E-state index in [0.29, 0.717) is 18.6 Å². The standard InChI is InChI=1S/C23H31N3O4S/c1-18-4-2-10-26(14-18)15-19-8-9-24-20(12-19)6-7-21(27)13-25-23(28)17-31(29)16-22-5-3-11-30-22/h3,5,8-9,11-12,18H,2,4,6-7,10,13-17H2,1H3,(H,25,28). The highest BCUT2D eigenvalue weighted by Gasteiger charge is 2.16. The van der Waals surface area contributed by atoms with Gasteiger partial charge < -0.3 is 9.73 Å². The molecule has 1 aliphatic heterocycles. The average molecular weight is 446 g/mol. The predicted octanol–water partition coefficient (Wildman–Crippen LogP) is 2.47. The fourth-order valence-electron chi connectivity index (χ4n) is 3.81. The minimum absolute atomic E-state index is 0.0534. The van der Waals surface area contributed by atoms with E-state index in [0.717, 1.165) is 31.2 Å². The van der Waals surface area contributed by atoms with Gasteiger partial charge in [0, 0.05) is 42.2 Å². The number of pyridine rings is 1. The third-order valence-electron chi connectivity index (χ3n) is 5.35. The summed E-state index contributed by atoms with van der Waals surface area (Å²) >= 11 is 0. The second kappa shape index (κ2) is 11.9. The molecule has 2 atom stereocenters. The molecule has 1 aliphatic rings. The molecule has 3 rings (SSSR count). The molecular formula is C23H31N3O4S. The number of rotatable bonds is 11. The van der Waals surface area contributed by atoms with Gasteiger partial charge in [-0.3, -0.25) is 23.7 Å². The fraction of sp³-hybridized carbons (Fsp3) is 0.522. The Morgan fingerprint density at radius 3 is 3.00 bits per heavy atom. The summed E-state index contributed by atoms with van der Waals surface area (Å²) < 4.78 is 17.1. The summed E-state index contributed by atoms with van der Waals surface area (Å²) in [6.07, 6.45) is 6.71. The van der Waals surface area contributed by atoms with Crippen molar-refractivity contribution in [3.8, 4) is 0 Å². The van der Waals surface area contributed by atoms with Crippen molar-refractivity contribution >= 4 is 22.5 Å². The number of ketones is 1. The molecule has 1 saturated heterocycles. The third kappa shape index (κ3) is 8.38. The highest BCUT2D eigenvalue weighted by molar-refractivity contribution is 7.84. The van der Waals surface area contributed by atoms with E-state index in [1.807, 2.05) is 6.07 Å². The number of amides is 1. The summed E-state index contributed by atoms with van der Waals surface area (Å²) in [6.45, 7) is 5.42. The zero-order valence-electron chi connectivity index (χ0n) is 18.0. The molecule has 168 valence electrons. The smallest absolute Gasteiger partial charge is 0.232 e. The first-order chi connectivity index (χ1) is 15.0. The van der Waals surface area contributed by atoms with Gasteiger partial charge in [0.2, 0.25) is 5.91 Å². The van der Waals surface area contributed by atoms with E-state index < -0.39 is 16.7 Å². The quantitative estimate of drug-likeness (QED) is 0.571. The van der Waals surface area contributed by atoms with Gasteiger partial charge in [-0.25, -0.2) is 0 Å². The molecule has 2 unspecified atom stereocenters. The van der Waals surface area contributed by atoms with E-state index in [9.17, 15) is 13.8 Å². The summed E-state index contributed by atoms with van der Waals surface area (Å²) in [4.78, 5) is 30.9. The molecular weight excluding hydrogens is 414 g/mol. The third-order valence-corrected chi connectivity index (χ3v) is 6.54. The lowest BCUT2D eigenvalue weighted by atomic mass is 10.00. The largest absolute Gasteiger partial charge is 0.468 e. The van der Waals surface area contributed by atoms with Crippen LogP contribution >= 0.6 is 0 Å². The van der Waals surface area contributed by atoms with Crippen molar-refractivity contribution in [3.05, 3.63) is 53.7 Å². The Morgan fingerprint density at radius 1 is 1.35 bits per heavy atom. The predicted molar refractivity (Wildman–Crippen MR) is 120 cm³/mol. The van der Waals surface area contributed by atoms with Crippen LogP contribution in [0.3, 0.4) is 0 Å². The van der Waals surface area contributed by atoms with Gasteiger partial charge in [-0.05, 0) is 61.6 Å². The molecule has 8 heteroatoms. The first-order valence-corrected chi connectivity index (χ1v) is 12.3. The van der Waals surface area contributed by atoms with Crippen LogP contribution in [-0.2, 0) is 39.1 Å². The van der Waals surface area contributed by atoms with Crippen molar-refractivity contribution in [1.29, 1.82) is 0 Å². The van der Waals surface area contributed by atoms with Crippen LogP contribution < -0.4 is 5.32 Å². The van der Waals surface area contributed by atoms with Gasteiger partial charge in [0.25, 0.3) is 0 Å². The average Bonchev–Trinajstić information content (AvgIpc) is 3.24. The molecule has 3 heterocycles. The molecule has 31 heavy (non-hydrogen) atoms. The van der Waals surface area contributed by atoms with Gasteiger partial charge in [0.15, 0.2) is 5.78 Å². The Morgan fingerprint density at radius 2 is 2.23 bits per heavy atom. The minimum Gasteiger partial charge on any atom is -0.468 e. The van der Waals surface area contributed by atoms with Gasteiger partial charge in [0.05, 0.1) is 18.6 Å². The first kappa shape index (κ1) is 23.3. The molecule has 0 aliphatic carbocycles. The lowest BCUT2D eigenvalue weighted by Crippen LogP contribution is -2.33. The van der Waals surface area contributed by atoms with Gasteiger partial charge in [0.1, 0.15) is 11.5 Å². The van der Waals surface area contributed by atoms with Crippen molar-refractivity contribution in [2.45, 2.75) is 44.9 Å². The summed E-state index contributed by atoms with van der Waals surface area (Å²) in [6, 6.07) is 7.54. The molecule has 1 fully saturated rings. The number of furan rings is 1. The number of hydrogen-bond donors (Lipinski definition) is 1. The number of hydrogen-bond acceptors (Lipinski definition) is 6. The van der Waals surface area contributed by atoms with Gasteiger partial charge in [-0.15, -0.1) is 0 Å². The molecule has 2 aromatic heterocycles. The van der Waals surface area contributed by atoms with Crippen LogP contribution in [0, 0.1) is 5.92 Å². The lowest BCUT2D eigenvalue weighted by Gasteiger charge is -2.30. The van der Waals surface area contributed by atoms with Gasteiger partial charge in [-0.2, -0.15) is 0 Å². The molecule has 0 aromatic carbocycles. The molecule has 0 radical (unpaired) electrons. The number of Topliss-reactive ketones (excluding diaryl/α,β-unsaturated/α-hetero) is 1. The van der Waals surface area contributed by atoms with Crippen LogP contribution in [0.1, 0.15) is 43.2 Å². The Hall–Kier alpha value is -2.32. The van der Waals surface area contributed by atoms with E-state index in [1.165, 1.54) is 24.7 Å². The van der Waals surface area contributed by atoms with Crippen molar-refractivity contribution in [2.75, 3.05) is 25.4 Å². The fourth-order valence-corrected chi connectivity index (χ4v) is 4.78. The summed E-state index contributed by atoms with van der Waals surface area (Å²) in [5, 5.41) is 2.56. The van der Waals surface area contributed by atoms with Crippen molar-refractivity contribution < 1.29 is 18.2 Å². The van der Waals surface area contributed by atoms with Gasteiger partial charge in [-0.1, -0.05) is 6.92 Å². The number of piperidine rings is 1. The topological polar surface area (TPSA) is 92.5 Å². The SMILES string of the molecule is CC1CCCN(Cc2ccnc(CCC(=O)CNC(=O)CS(=O)Cc3ccco3)c2)C1. The molecule has 2 aromatic rings. The molecule has 7 nitrogen and oxygen atoms in total. The summed E-state index contributed by atoms with van der Waals surface area (Å²) in [5.74, 6) is 0.896. The Labute approximate surface area is 186 Å². The summed E-state index contributed by atoms with van der Waals surface area (Å²) in [5.41, 5.74) is 2.11. The van der Waals surface area contributed by atoms with E-state index in [1.54, 1.807) is 18.3 Å². The van der Waals surface area contributed by atoms with Crippen LogP contribution in [0.15, 0.2) is 41.1 Å². The van der Waals surface area contributed by atoms with Gasteiger partial charge >= 0.3 is 0 Å². The van der Waals surface area contributed by atoms with E-state index in [-0.39, 0.29) is 23.8 Å². The van der Waals surface area contributed by atoms with E-state index >= 15 is 0 Å². The van der Waals surface area contributed by atoms with Crippen molar-refractivity contribution in [1.82, 2.24) is 15.2 Å². The Bertz CT molecular complexity index is 885. The number of likely N-dealkylation sites (tertiary alicyclic amines) is 1. The zero-order valence-corrected chi connectivity index (χ0v) is 18.9. The molecule has 0 bridgehead atoms. The normalized spacial score (nSPS) is 17.9. The number of aromatic nitrogens is 1. The molecule has 1 N–H and O–H groups in total. The first-order valence-electron chi connectivity index (χ1n) is 10.8. The molecule has 0 saturated carbocycles. The van der Waals surface area contributed by atoms with Crippen molar-refractivity contribution in [3.63, 3.8) is 0 Å². The number of carbonyl (C=O) groups excluding carboxylic acids is 2.